The van der Waals surface area contributed by atoms with Gasteiger partial charge in [-0.2, -0.15) is 0 Å². The van der Waals surface area contributed by atoms with E-state index in [1.807, 2.05) is 13.0 Å². The summed E-state index contributed by atoms with van der Waals surface area (Å²) in [5.41, 5.74) is 1.98. The van der Waals surface area contributed by atoms with Crippen LogP contribution < -0.4 is 4.42 Å². The van der Waals surface area contributed by atoms with Crippen molar-refractivity contribution in [2.45, 2.75) is 6.92 Å². The topological polar surface area (TPSA) is 15.6 Å². The molecule has 2 rings (SSSR count). The Morgan fingerprint density at radius 2 is 2.42 bits per heavy atom. The Morgan fingerprint density at radius 1 is 1.67 bits per heavy atom. The molecule has 0 amide bonds. The maximum absolute atomic E-state index is 5.90. The monoisotopic (exact) mass is 220 g/mol. The molecule has 0 N–H and O–H groups in total. The largest absolute Gasteiger partial charge is 0.266 e. The summed E-state index contributed by atoms with van der Waals surface area (Å²) in [4.78, 5) is 5.30. The number of aliphatic imine (C=N–C) groups is 1. The Bertz CT molecular complexity index is 345. The molecule has 1 aliphatic rings. The van der Waals surface area contributed by atoms with Gasteiger partial charge in [0.2, 0.25) is 0 Å². The minimum Gasteiger partial charge on any atom is -0.266 e. The van der Waals surface area contributed by atoms with Crippen molar-refractivity contribution in [3.05, 3.63) is 15.3 Å². The maximum Gasteiger partial charge on any atom is 0.126 e. The molecule has 1 aliphatic heterocycles. The maximum atomic E-state index is 5.90. The van der Waals surface area contributed by atoms with Gasteiger partial charge in [-0.25, -0.2) is 0 Å². The third-order valence-corrected chi connectivity index (χ3v) is 3.36. The van der Waals surface area contributed by atoms with Crippen LogP contribution >= 0.6 is 34.7 Å². The van der Waals surface area contributed by atoms with Crippen molar-refractivity contribution in [1.82, 2.24) is 0 Å². The van der Waals surface area contributed by atoms with E-state index in [0.717, 1.165) is 20.6 Å². The van der Waals surface area contributed by atoms with Gasteiger partial charge in [-0.15, -0.1) is 11.3 Å². The highest BCUT2D eigenvalue weighted by molar-refractivity contribution is 7.18. The molecule has 0 saturated heterocycles. The zero-order valence-corrected chi connectivity index (χ0v) is 8.67. The van der Waals surface area contributed by atoms with E-state index in [1.165, 1.54) is 11.3 Å². The first-order chi connectivity index (χ1) is 5.68. The van der Waals surface area contributed by atoms with Crippen LogP contribution in [0.5, 0.6) is 0 Å². The molecular formula is C7H6Cl2N2S. The molecule has 0 atom stereocenters. The van der Waals surface area contributed by atoms with Crippen LogP contribution in [0.15, 0.2) is 11.1 Å². The third kappa shape index (κ3) is 1.22. The molecule has 1 aromatic heterocycles. The first-order valence-corrected chi connectivity index (χ1v) is 4.96. The summed E-state index contributed by atoms with van der Waals surface area (Å²) < 4.78 is 2.33. The fourth-order valence-electron chi connectivity index (χ4n) is 1.11. The van der Waals surface area contributed by atoms with Gasteiger partial charge in [-0.3, -0.25) is 9.41 Å². The molecule has 1 aromatic rings. The van der Waals surface area contributed by atoms with Crippen LogP contribution in [0.25, 0.3) is 0 Å². The quantitative estimate of drug-likeness (QED) is 0.614. The van der Waals surface area contributed by atoms with Crippen molar-refractivity contribution < 1.29 is 0 Å². The van der Waals surface area contributed by atoms with E-state index in [0.29, 0.717) is 6.67 Å². The predicted molar refractivity (Wildman–Crippen MR) is 54.7 cm³/mol. The number of nitrogens with zero attached hydrogens (tertiary/aromatic N) is 2. The van der Waals surface area contributed by atoms with Gasteiger partial charge in [-0.1, -0.05) is 11.6 Å². The number of anilines is 1. The van der Waals surface area contributed by atoms with Gasteiger partial charge in [0.05, 0.1) is 20.6 Å². The first kappa shape index (κ1) is 8.35. The van der Waals surface area contributed by atoms with Crippen LogP contribution in [0.2, 0.25) is 4.34 Å². The van der Waals surface area contributed by atoms with E-state index in [9.17, 15) is 0 Å². The molecule has 64 valence electrons. The van der Waals surface area contributed by atoms with Gasteiger partial charge in [-0.05, 0) is 13.0 Å². The zero-order valence-electron chi connectivity index (χ0n) is 6.34. The SMILES string of the molecule is CC1=NCN(Cl)c2cc(Cl)sc21. The molecule has 0 aromatic carbocycles. The molecule has 0 saturated carbocycles. The van der Waals surface area contributed by atoms with Gasteiger partial charge < -0.3 is 0 Å². The van der Waals surface area contributed by atoms with Crippen LogP contribution in [0.4, 0.5) is 5.69 Å². The molecule has 12 heavy (non-hydrogen) atoms. The third-order valence-electron chi connectivity index (χ3n) is 1.70. The van der Waals surface area contributed by atoms with Crippen molar-refractivity contribution in [3.63, 3.8) is 0 Å². The van der Waals surface area contributed by atoms with E-state index < -0.39 is 0 Å². The Kier molecular flexibility index (Phi) is 2.02. The normalized spacial score (nSPS) is 15.9. The Balaban J connectivity index is 2.57. The van der Waals surface area contributed by atoms with E-state index in [2.05, 4.69) is 4.99 Å². The van der Waals surface area contributed by atoms with Crippen LogP contribution in [0, 0.1) is 0 Å². The molecule has 5 heteroatoms. The van der Waals surface area contributed by atoms with E-state index in [1.54, 1.807) is 4.42 Å². The number of rotatable bonds is 0. The summed E-state index contributed by atoms with van der Waals surface area (Å²) in [7, 11) is 0. The number of thiophene rings is 1. The molecule has 0 aliphatic carbocycles. The fraction of sp³-hybridized carbons (Fsp3) is 0.286. The van der Waals surface area contributed by atoms with E-state index >= 15 is 0 Å². The Hall–Kier alpha value is -0.250. The van der Waals surface area contributed by atoms with Gasteiger partial charge in [0.1, 0.15) is 6.67 Å². The second-order valence-electron chi connectivity index (χ2n) is 2.51. The smallest absolute Gasteiger partial charge is 0.126 e. The van der Waals surface area contributed by atoms with Crippen molar-refractivity contribution in [3.8, 4) is 0 Å². The summed E-state index contributed by atoms with van der Waals surface area (Å²) in [6.07, 6.45) is 0. The first-order valence-electron chi connectivity index (χ1n) is 3.42. The van der Waals surface area contributed by atoms with Crippen molar-refractivity contribution in [2.75, 3.05) is 11.1 Å². The molecule has 0 radical (unpaired) electrons. The standard InChI is InChI=1S/C7H6Cl2N2S/c1-4-7-5(2-6(8)12-7)11(9)3-10-4/h2H,3H2,1H3. The number of halogens is 2. The molecule has 0 spiro atoms. The van der Waals surface area contributed by atoms with Crippen LogP contribution in [0.1, 0.15) is 11.8 Å². The summed E-state index contributed by atoms with van der Waals surface area (Å²) in [6.45, 7) is 2.48. The highest BCUT2D eigenvalue weighted by atomic mass is 35.5. The van der Waals surface area contributed by atoms with Crippen LogP contribution in [-0.4, -0.2) is 12.4 Å². The minimum absolute atomic E-state index is 0.507. The van der Waals surface area contributed by atoms with Gasteiger partial charge in [0, 0.05) is 11.8 Å². The summed E-state index contributed by atoms with van der Waals surface area (Å²) in [5, 5.41) is 0. The lowest BCUT2D eigenvalue weighted by atomic mass is 10.3. The summed E-state index contributed by atoms with van der Waals surface area (Å²) in [6, 6.07) is 1.87. The number of fused-ring (bicyclic) bond motifs is 1. The minimum atomic E-state index is 0.507. The average molecular weight is 221 g/mol. The highest BCUT2D eigenvalue weighted by Gasteiger charge is 2.19. The second kappa shape index (κ2) is 2.91. The van der Waals surface area contributed by atoms with E-state index in [-0.39, 0.29) is 0 Å². The molecule has 2 heterocycles. The molecule has 0 fully saturated rings. The van der Waals surface area contributed by atoms with Crippen LogP contribution in [-0.2, 0) is 0 Å². The van der Waals surface area contributed by atoms with Crippen LogP contribution in [0.3, 0.4) is 0 Å². The van der Waals surface area contributed by atoms with Crippen molar-refractivity contribution >= 4 is 46.1 Å². The molecule has 0 bridgehead atoms. The summed E-state index contributed by atoms with van der Waals surface area (Å²) in [5.74, 6) is 0. The van der Waals surface area contributed by atoms with Gasteiger partial charge >= 0.3 is 0 Å². The zero-order chi connectivity index (χ0) is 8.72. The predicted octanol–water partition coefficient (Wildman–Crippen LogP) is 3.14. The van der Waals surface area contributed by atoms with Crippen molar-refractivity contribution in [2.24, 2.45) is 4.99 Å². The summed E-state index contributed by atoms with van der Waals surface area (Å²) >= 11 is 13.3. The lowest BCUT2D eigenvalue weighted by Gasteiger charge is -2.18. The number of hydrogen-bond acceptors (Lipinski definition) is 3. The lowest BCUT2D eigenvalue weighted by Crippen LogP contribution is -2.17. The van der Waals surface area contributed by atoms with Gasteiger partial charge in [0.25, 0.3) is 0 Å². The fourth-order valence-corrected chi connectivity index (χ4v) is 2.53. The molecule has 0 unspecified atom stereocenters. The number of hydrogen-bond donors (Lipinski definition) is 0. The lowest BCUT2D eigenvalue weighted by molar-refractivity contribution is 1.03. The van der Waals surface area contributed by atoms with E-state index in [4.69, 9.17) is 23.4 Å². The molecular weight excluding hydrogens is 215 g/mol. The van der Waals surface area contributed by atoms with Gasteiger partial charge in [0.15, 0.2) is 0 Å². The molecule has 2 nitrogen and oxygen atoms in total. The Labute approximate surface area is 84.5 Å². The highest BCUT2D eigenvalue weighted by Crippen LogP contribution is 2.36. The second-order valence-corrected chi connectivity index (χ2v) is 4.60. The average Bonchev–Trinajstić information content (AvgIpc) is 2.41. The van der Waals surface area contributed by atoms with Crippen molar-refractivity contribution in [1.29, 1.82) is 0 Å². The Morgan fingerprint density at radius 3 is 3.08 bits per heavy atom.